The molecule has 0 bridgehead atoms. The Labute approximate surface area is 141 Å². The molecule has 0 atom stereocenters. The quantitative estimate of drug-likeness (QED) is 0.691. The van der Waals surface area contributed by atoms with Crippen LogP contribution in [0.5, 0.6) is 0 Å². The second kappa shape index (κ2) is 6.35. The molecule has 3 heterocycles. The molecule has 2 aromatic heterocycles. The fraction of sp³-hybridized carbons (Fsp3) is 0.294. The largest absolute Gasteiger partial charge is 0.422 e. The van der Waals surface area contributed by atoms with E-state index in [1.54, 1.807) is 6.07 Å². The standard InChI is InChI=1S/C17H16N2O4S/c20-14(9-19-5-7-22-8-6-19)18-16-15-12(10-24-16)11-3-1-2-4-13(11)23-17(15)21/h1-4,10H,5-9H2,(H,18,20)/p+1. The Morgan fingerprint density at radius 3 is 2.83 bits per heavy atom. The average molecular weight is 345 g/mol. The van der Waals surface area contributed by atoms with Crippen LogP contribution in [0.4, 0.5) is 5.00 Å². The lowest BCUT2D eigenvalue weighted by atomic mass is 10.1. The molecule has 0 saturated carbocycles. The monoisotopic (exact) mass is 345 g/mol. The number of amides is 1. The summed E-state index contributed by atoms with van der Waals surface area (Å²) in [6, 6.07) is 7.42. The van der Waals surface area contributed by atoms with Gasteiger partial charge in [0, 0.05) is 16.2 Å². The van der Waals surface area contributed by atoms with Crippen molar-refractivity contribution in [2.45, 2.75) is 0 Å². The predicted octanol–water partition coefficient (Wildman–Crippen LogP) is 0.861. The molecule has 1 aliphatic heterocycles. The number of hydrogen-bond donors (Lipinski definition) is 2. The Morgan fingerprint density at radius 2 is 2.00 bits per heavy atom. The summed E-state index contributed by atoms with van der Waals surface area (Å²) in [6.45, 7) is 3.39. The molecule has 24 heavy (non-hydrogen) atoms. The van der Waals surface area contributed by atoms with E-state index in [-0.39, 0.29) is 5.91 Å². The van der Waals surface area contributed by atoms with Crippen molar-refractivity contribution in [3.05, 3.63) is 40.1 Å². The third-order valence-electron chi connectivity index (χ3n) is 4.24. The molecular formula is C17H17N2O4S+. The van der Waals surface area contributed by atoms with E-state index in [2.05, 4.69) is 5.32 Å². The summed E-state index contributed by atoms with van der Waals surface area (Å²) in [5.41, 5.74) is 0.141. The Morgan fingerprint density at radius 1 is 1.21 bits per heavy atom. The smallest absolute Gasteiger partial charge is 0.347 e. The van der Waals surface area contributed by atoms with Gasteiger partial charge in [-0.05, 0) is 6.07 Å². The van der Waals surface area contributed by atoms with Gasteiger partial charge in [0.05, 0.1) is 13.2 Å². The molecule has 124 valence electrons. The van der Waals surface area contributed by atoms with Crippen LogP contribution in [-0.4, -0.2) is 38.8 Å². The first kappa shape index (κ1) is 15.3. The molecule has 2 N–H and O–H groups in total. The Hall–Kier alpha value is -2.22. The lowest BCUT2D eigenvalue weighted by Gasteiger charge is -2.22. The van der Waals surface area contributed by atoms with Crippen molar-refractivity contribution in [3.8, 4) is 0 Å². The van der Waals surface area contributed by atoms with E-state index in [9.17, 15) is 9.59 Å². The second-order valence-electron chi connectivity index (χ2n) is 5.83. The van der Waals surface area contributed by atoms with E-state index in [0.717, 1.165) is 23.9 Å². The van der Waals surface area contributed by atoms with E-state index < -0.39 is 5.63 Å². The molecule has 3 aromatic rings. The van der Waals surface area contributed by atoms with Gasteiger partial charge in [-0.3, -0.25) is 4.79 Å². The van der Waals surface area contributed by atoms with Gasteiger partial charge in [-0.25, -0.2) is 4.79 Å². The number of fused-ring (bicyclic) bond motifs is 3. The van der Waals surface area contributed by atoms with E-state index >= 15 is 0 Å². The Balaban J connectivity index is 1.64. The number of carbonyl (C=O) groups is 1. The average Bonchev–Trinajstić information content (AvgIpc) is 3.00. The van der Waals surface area contributed by atoms with E-state index in [4.69, 9.17) is 9.15 Å². The first-order valence-electron chi connectivity index (χ1n) is 7.86. The molecule has 1 saturated heterocycles. The fourth-order valence-electron chi connectivity index (χ4n) is 3.01. The van der Waals surface area contributed by atoms with Gasteiger partial charge >= 0.3 is 5.63 Å². The van der Waals surface area contributed by atoms with Gasteiger partial charge < -0.3 is 19.4 Å². The summed E-state index contributed by atoms with van der Waals surface area (Å²) in [5.74, 6) is -0.0943. The molecule has 1 aromatic carbocycles. The summed E-state index contributed by atoms with van der Waals surface area (Å²) >= 11 is 1.36. The van der Waals surface area contributed by atoms with Crippen LogP contribution < -0.4 is 15.8 Å². The van der Waals surface area contributed by atoms with Gasteiger partial charge in [-0.2, -0.15) is 0 Å². The third-order valence-corrected chi connectivity index (χ3v) is 5.13. The van der Waals surface area contributed by atoms with Crippen LogP contribution in [0, 0.1) is 0 Å². The Bertz CT molecular complexity index is 956. The molecular weight excluding hydrogens is 328 g/mol. The maximum absolute atomic E-state index is 12.3. The molecule has 0 aliphatic carbocycles. The number of hydrogen-bond acceptors (Lipinski definition) is 5. The number of rotatable bonds is 3. The van der Waals surface area contributed by atoms with Crippen LogP contribution in [0.25, 0.3) is 21.7 Å². The summed E-state index contributed by atoms with van der Waals surface area (Å²) in [7, 11) is 0. The zero-order valence-corrected chi connectivity index (χ0v) is 13.8. The maximum atomic E-state index is 12.3. The van der Waals surface area contributed by atoms with Gasteiger partial charge in [0.25, 0.3) is 5.91 Å². The number of thiophene rings is 1. The van der Waals surface area contributed by atoms with Gasteiger partial charge in [-0.15, -0.1) is 11.3 Å². The van der Waals surface area contributed by atoms with Crippen molar-refractivity contribution in [1.29, 1.82) is 0 Å². The van der Waals surface area contributed by atoms with Crippen molar-refractivity contribution in [2.75, 3.05) is 38.2 Å². The number of morpholine rings is 1. The number of para-hydroxylation sites is 1. The lowest BCUT2D eigenvalue weighted by molar-refractivity contribution is -0.899. The van der Waals surface area contributed by atoms with E-state index in [1.807, 2.05) is 23.6 Å². The van der Waals surface area contributed by atoms with Crippen LogP contribution in [0.3, 0.4) is 0 Å². The van der Waals surface area contributed by atoms with Gasteiger partial charge in [0.1, 0.15) is 29.1 Å². The minimum absolute atomic E-state index is 0.0943. The highest BCUT2D eigenvalue weighted by atomic mass is 32.1. The van der Waals surface area contributed by atoms with Crippen molar-refractivity contribution in [2.24, 2.45) is 0 Å². The Kier molecular flexibility index (Phi) is 4.05. The minimum atomic E-state index is -0.418. The highest BCUT2D eigenvalue weighted by molar-refractivity contribution is 7.16. The number of benzene rings is 1. The SMILES string of the molecule is O=C(C[NH+]1CCOCC1)Nc1scc2c1c(=O)oc1ccccc12. The highest BCUT2D eigenvalue weighted by Gasteiger charge is 2.20. The molecule has 0 unspecified atom stereocenters. The summed E-state index contributed by atoms with van der Waals surface area (Å²) < 4.78 is 10.7. The zero-order chi connectivity index (χ0) is 16.5. The summed E-state index contributed by atoms with van der Waals surface area (Å²) in [5, 5.41) is 7.47. The summed E-state index contributed by atoms with van der Waals surface area (Å²) in [4.78, 5) is 25.8. The van der Waals surface area contributed by atoms with Crippen LogP contribution in [0.1, 0.15) is 0 Å². The molecule has 6 nitrogen and oxygen atoms in total. The number of anilines is 1. The maximum Gasteiger partial charge on any atom is 0.347 e. The van der Waals surface area contributed by atoms with E-state index in [1.165, 1.54) is 16.2 Å². The molecule has 1 fully saturated rings. The molecule has 7 heteroatoms. The van der Waals surface area contributed by atoms with Gasteiger partial charge in [0.2, 0.25) is 0 Å². The van der Waals surface area contributed by atoms with Crippen LogP contribution >= 0.6 is 11.3 Å². The third kappa shape index (κ3) is 2.82. The molecule has 0 spiro atoms. The lowest BCUT2D eigenvalue weighted by Crippen LogP contribution is -3.15. The zero-order valence-electron chi connectivity index (χ0n) is 13.0. The molecule has 4 rings (SSSR count). The fourth-order valence-corrected chi connectivity index (χ4v) is 3.98. The number of quaternary nitrogens is 1. The number of nitrogens with one attached hydrogen (secondary N) is 2. The van der Waals surface area contributed by atoms with E-state index in [0.29, 0.717) is 35.7 Å². The second-order valence-corrected chi connectivity index (χ2v) is 6.71. The van der Waals surface area contributed by atoms with Crippen LogP contribution in [-0.2, 0) is 9.53 Å². The van der Waals surface area contributed by atoms with Crippen LogP contribution in [0.2, 0.25) is 0 Å². The van der Waals surface area contributed by atoms with Crippen molar-refractivity contribution in [1.82, 2.24) is 0 Å². The molecule has 1 aliphatic rings. The number of carbonyl (C=O) groups excluding carboxylic acids is 1. The normalized spacial score (nSPS) is 15.8. The van der Waals surface area contributed by atoms with Gasteiger partial charge in [-0.1, -0.05) is 18.2 Å². The predicted molar refractivity (Wildman–Crippen MR) is 92.9 cm³/mol. The van der Waals surface area contributed by atoms with Crippen molar-refractivity contribution < 1.29 is 18.8 Å². The highest BCUT2D eigenvalue weighted by Crippen LogP contribution is 2.33. The first-order valence-corrected chi connectivity index (χ1v) is 8.74. The molecule has 1 amide bonds. The minimum Gasteiger partial charge on any atom is -0.422 e. The van der Waals surface area contributed by atoms with Crippen LogP contribution in [0.15, 0.2) is 38.9 Å². The first-order chi connectivity index (χ1) is 11.7. The molecule has 0 radical (unpaired) electrons. The van der Waals surface area contributed by atoms with Gasteiger partial charge in [0.15, 0.2) is 6.54 Å². The summed E-state index contributed by atoms with van der Waals surface area (Å²) in [6.07, 6.45) is 0. The topological polar surface area (TPSA) is 73.0 Å². The van der Waals surface area contributed by atoms with Crippen molar-refractivity contribution >= 4 is 44.0 Å². The number of ether oxygens (including phenoxy) is 1. The van der Waals surface area contributed by atoms with Crippen molar-refractivity contribution in [3.63, 3.8) is 0 Å².